The first kappa shape index (κ1) is 8.30. The molecule has 1 rings (SSSR count). The Kier molecular flexibility index (Phi) is 2.02. The van der Waals surface area contributed by atoms with Crippen molar-refractivity contribution in [3.63, 3.8) is 0 Å². The molecule has 4 heteroatoms. The van der Waals surface area contributed by atoms with Gasteiger partial charge in [0, 0.05) is 12.0 Å². The third-order valence-electron chi connectivity index (χ3n) is 1.51. The van der Waals surface area contributed by atoms with E-state index in [1.165, 1.54) is 6.08 Å². The van der Waals surface area contributed by atoms with Gasteiger partial charge in [0.05, 0.1) is 6.42 Å². The molecule has 0 saturated carbocycles. The second-order valence-electron chi connectivity index (χ2n) is 2.48. The predicted molar refractivity (Wildman–Crippen MR) is 33.0 cm³/mol. The van der Waals surface area contributed by atoms with Crippen molar-refractivity contribution < 1.29 is 18.0 Å². The molecular formula is C7H7F3O. The van der Waals surface area contributed by atoms with Gasteiger partial charge in [0.1, 0.15) is 0 Å². The monoisotopic (exact) mass is 164 g/mol. The lowest BCUT2D eigenvalue weighted by molar-refractivity contribution is -0.133. The fourth-order valence-electron chi connectivity index (χ4n) is 1.04. The summed E-state index contributed by atoms with van der Waals surface area (Å²) in [4.78, 5) is 10.7. The SMILES string of the molecule is O=C1CCC=C1CC(F)(F)F. The largest absolute Gasteiger partial charge is 0.393 e. The first-order chi connectivity index (χ1) is 4.99. The van der Waals surface area contributed by atoms with Gasteiger partial charge in [-0.15, -0.1) is 0 Å². The van der Waals surface area contributed by atoms with Crippen LogP contribution in [0.2, 0.25) is 0 Å². The normalized spacial score (nSPS) is 18.8. The maximum absolute atomic E-state index is 11.7. The van der Waals surface area contributed by atoms with Crippen LogP contribution in [0.15, 0.2) is 11.6 Å². The fourth-order valence-corrected chi connectivity index (χ4v) is 1.04. The lowest BCUT2D eigenvalue weighted by atomic mass is 10.1. The number of carbonyl (C=O) groups excluding carboxylic acids is 1. The van der Waals surface area contributed by atoms with Crippen LogP contribution in [0.5, 0.6) is 0 Å². The third kappa shape index (κ3) is 2.37. The molecule has 1 aliphatic rings. The van der Waals surface area contributed by atoms with Gasteiger partial charge in [0.25, 0.3) is 0 Å². The van der Waals surface area contributed by atoms with Crippen LogP contribution in [-0.4, -0.2) is 12.0 Å². The third-order valence-corrected chi connectivity index (χ3v) is 1.51. The minimum atomic E-state index is -4.24. The molecule has 0 saturated heterocycles. The first-order valence-electron chi connectivity index (χ1n) is 3.28. The lowest BCUT2D eigenvalue weighted by Gasteiger charge is -2.04. The Hall–Kier alpha value is -0.800. The fraction of sp³-hybridized carbons (Fsp3) is 0.571. The van der Waals surface area contributed by atoms with Crippen LogP contribution in [0.1, 0.15) is 19.3 Å². The van der Waals surface area contributed by atoms with Gasteiger partial charge >= 0.3 is 6.18 Å². The molecule has 0 aromatic carbocycles. The van der Waals surface area contributed by atoms with Gasteiger partial charge in [-0.1, -0.05) is 6.08 Å². The summed E-state index contributed by atoms with van der Waals surface area (Å²) >= 11 is 0. The number of Topliss-reactive ketones (excluding diaryl/α,β-unsaturated/α-hetero) is 1. The lowest BCUT2D eigenvalue weighted by Crippen LogP contribution is -2.11. The zero-order valence-corrected chi connectivity index (χ0v) is 5.74. The Morgan fingerprint density at radius 2 is 2.09 bits per heavy atom. The summed E-state index contributed by atoms with van der Waals surface area (Å²) in [5, 5.41) is 0. The van der Waals surface area contributed by atoms with E-state index in [-0.39, 0.29) is 17.8 Å². The van der Waals surface area contributed by atoms with E-state index in [2.05, 4.69) is 0 Å². The summed E-state index contributed by atoms with van der Waals surface area (Å²) in [7, 11) is 0. The van der Waals surface area contributed by atoms with E-state index in [9.17, 15) is 18.0 Å². The number of rotatable bonds is 1. The number of alkyl halides is 3. The van der Waals surface area contributed by atoms with Crippen molar-refractivity contribution in [2.75, 3.05) is 0 Å². The van der Waals surface area contributed by atoms with Gasteiger partial charge in [-0.05, 0) is 6.42 Å². The number of ketones is 1. The zero-order chi connectivity index (χ0) is 8.48. The minimum Gasteiger partial charge on any atom is -0.295 e. The highest BCUT2D eigenvalue weighted by atomic mass is 19.4. The molecular weight excluding hydrogens is 157 g/mol. The molecule has 0 aromatic heterocycles. The Labute approximate surface area is 61.9 Å². The van der Waals surface area contributed by atoms with E-state index in [4.69, 9.17) is 0 Å². The summed E-state index contributed by atoms with van der Waals surface area (Å²) < 4.78 is 35.1. The summed E-state index contributed by atoms with van der Waals surface area (Å²) in [5.74, 6) is -0.359. The molecule has 1 aliphatic carbocycles. The topological polar surface area (TPSA) is 17.1 Å². The molecule has 62 valence electrons. The first-order valence-corrected chi connectivity index (χ1v) is 3.28. The molecule has 0 radical (unpaired) electrons. The Morgan fingerprint density at radius 1 is 1.45 bits per heavy atom. The van der Waals surface area contributed by atoms with Crippen molar-refractivity contribution in [1.82, 2.24) is 0 Å². The van der Waals surface area contributed by atoms with E-state index in [1.54, 1.807) is 0 Å². The number of allylic oxidation sites excluding steroid dienone is 2. The quantitative estimate of drug-likeness (QED) is 0.580. The molecule has 0 amide bonds. The molecule has 0 heterocycles. The van der Waals surface area contributed by atoms with Crippen LogP contribution in [0.3, 0.4) is 0 Å². The summed E-state index contributed by atoms with van der Waals surface area (Å²) in [5.41, 5.74) is -0.0718. The van der Waals surface area contributed by atoms with Crippen LogP contribution >= 0.6 is 0 Å². The molecule has 11 heavy (non-hydrogen) atoms. The maximum atomic E-state index is 11.7. The molecule has 0 atom stereocenters. The molecule has 0 aliphatic heterocycles. The summed E-state index contributed by atoms with van der Waals surface area (Å²) in [6, 6.07) is 0. The van der Waals surface area contributed by atoms with E-state index in [1.807, 2.05) is 0 Å². The van der Waals surface area contributed by atoms with Gasteiger partial charge in [0.15, 0.2) is 5.78 Å². The highest BCUT2D eigenvalue weighted by Gasteiger charge is 2.32. The molecule has 0 N–H and O–H groups in total. The van der Waals surface area contributed by atoms with E-state index < -0.39 is 12.6 Å². The highest BCUT2D eigenvalue weighted by Crippen LogP contribution is 2.28. The van der Waals surface area contributed by atoms with Crippen molar-refractivity contribution in [1.29, 1.82) is 0 Å². The van der Waals surface area contributed by atoms with Gasteiger partial charge in [0.2, 0.25) is 0 Å². The molecule has 0 fully saturated rings. The van der Waals surface area contributed by atoms with Crippen LogP contribution in [0, 0.1) is 0 Å². The zero-order valence-electron chi connectivity index (χ0n) is 5.74. The Morgan fingerprint density at radius 3 is 2.45 bits per heavy atom. The maximum Gasteiger partial charge on any atom is 0.393 e. The van der Waals surface area contributed by atoms with E-state index >= 15 is 0 Å². The van der Waals surface area contributed by atoms with Crippen molar-refractivity contribution in [2.45, 2.75) is 25.4 Å². The van der Waals surface area contributed by atoms with Crippen LogP contribution in [0.4, 0.5) is 13.2 Å². The predicted octanol–water partition coefficient (Wildman–Crippen LogP) is 2.23. The second-order valence-corrected chi connectivity index (χ2v) is 2.48. The molecule has 1 nitrogen and oxygen atoms in total. The summed E-state index contributed by atoms with van der Waals surface area (Å²) in [6.45, 7) is 0. The minimum absolute atomic E-state index is 0.0718. The van der Waals surface area contributed by atoms with Crippen LogP contribution in [-0.2, 0) is 4.79 Å². The van der Waals surface area contributed by atoms with Gasteiger partial charge in [-0.2, -0.15) is 13.2 Å². The average Bonchev–Trinajstić information content (AvgIpc) is 2.12. The van der Waals surface area contributed by atoms with Crippen molar-refractivity contribution in [3.05, 3.63) is 11.6 Å². The van der Waals surface area contributed by atoms with Crippen molar-refractivity contribution in [3.8, 4) is 0 Å². The number of halogens is 3. The Balaban J connectivity index is 2.56. The second kappa shape index (κ2) is 2.68. The van der Waals surface area contributed by atoms with Crippen LogP contribution < -0.4 is 0 Å². The average molecular weight is 164 g/mol. The summed E-state index contributed by atoms with van der Waals surface area (Å²) in [6.07, 6.45) is -3.23. The number of carbonyl (C=O) groups is 1. The van der Waals surface area contributed by atoms with E-state index in [0.717, 1.165) is 0 Å². The van der Waals surface area contributed by atoms with Gasteiger partial charge < -0.3 is 0 Å². The molecule has 0 aromatic rings. The Bertz CT molecular complexity index is 202. The molecule has 0 spiro atoms. The number of hydrogen-bond donors (Lipinski definition) is 0. The molecule has 0 unspecified atom stereocenters. The molecule has 0 bridgehead atoms. The van der Waals surface area contributed by atoms with E-state index in [0.29, 0.717) is 6.42 Å². The standard InChI is InChI=1S/C7H7F3O/c8-7(9,10)4-5-2-1-3-6(5)11/h2H,1,3-4H2. The van der Waals surface area contributed by atoms with Crippen molar-refractivity contribution in [2.24, 2.45) is 0 Å². The van der Waals surface area contributed by atoms with Crippen LogP contribution in [0.25, 0.3) is 0 Å². The highest BCUT2D eigenvalue weighted by molar-refractivity contribution is 5.97. The smallest absolute Gasteiger partial charge is 0.295 e. The van der Waals surface area contributed by atoms with Gasteiger partial charge in [-0.25, -0.2) is 0 Å². The number of hydrogen-bond acceptors (Lipinski definition) is 1. The van der Waals surface area contributed by atoms with Gasteiger partial charge in [-0.3, -0.25) is 4.79 Å². The van der Waals surface area contributed by atoms with Crippen molar-refractivity contribution >= 4 is 5.78 Å².